The molecule has 2 aliphatic heterocycles. The lowest BCUT2D eigenvalue weighted by Gasteiger charge is -2.38. The molecule has 194 valence electrons. The van der Waals surface area contributed by atoms with Gasteiger partial charge in [-0.15, -0.1) is 0 Å². The van der Waals surface area contributed by atoms with Gasteiger partial charge in [0.1, 0.15) is 30.5 Å². The molecule has 0 bridgehead atoms. The number of hydrogen-bond acceptors (Lipinski definition) is 13. The number of nitrogens with one attached hydrogen (secondary N) is 1. The van der Waals surface area contributed by atoms with Crippen molar-refractivity contribution in [2.75, 3.05) is 26.3 Å². The van der Waals surface area contributed by atoms with Crippen LogP contribution in [-0.4, -0.2) is 130 Å². The van der Waals surface area contributed by atoms with Crippen molar-refractivity contribution in [2.45, 2.75) is 99.2 Å². The highest BCUT2D eigenvalue weighted by molar-refractivity contribution is 4.92. The molecular weight excluding hydrogens is 442 g/mol. The van der Waals surface area contributed by atoms with Gasteiger partial charge in [0, 0.05) is 31.6 Å². The molecule has 3 rings (SSSR count). The number of rotatable bonds is 10. The summed E-state index contributed by atoms with van der Waals surface area (Å²) in [6, 6.07) is -0.209. The summed E-state index contributed by atoms with van der Waals surface area (Å²) >= 11 is 0. The van der Waals surface area contributed by atoms with Crippen LogP contribution in [0.25, 0.3) is 0 Å². The predicted molar refractivity (Wildman–Crippen MR) is 113 cm³/mol. The molecule has 0 aromatic carbocycles. The van der Waals surface area contributed by atoms with Crippen molar-refractivity contribution in [3.8, 4) is 0 Å². The first-order valence-corrected chi connectivity index (χ1v) is 11.5. The van der Waals surface area contributed by atoms with E-state index < -0.39 is 61.9 Å². The third-order valence-corrected chi connectivity index (χ3v) is 6.43. The van der Waals surface area contributed by atoms with Gasteiger partial charge in [-0.1, -0.05) is 0 Å². The fraction of sp³-hybridized carbons (Fsp3) is 1.00. The van der Waals surface area contributed by atoms with Crippen LogP contribution in [0.1, 0.15) is 25.7 Å². The fourth-order valence-corrected chi connectivity index (χ4v) is 4.65. The van der Waals surface area contributed by atoms with E-state index in [4.69, 9.17) is 35.5 Å². The summed E-state index contributed by atoms with van der Waals surface area (Å²) < 4.78 is 23.1. The first kappa shape index (κ1) is 27.1. The average molecular weight is 482 g/mol. The van der Waals surface area contributed by atoms with Crippen molar-refractivity contribution in [2.24, 2.45) is 11.5 Å². The number of hydrogen-bond donors (Lipinski definition) is 9. The molecule has 3 fully saturated rings. The Kier molecular flexibility index (Phi) is 10.2. The van der Waals surface area contributed by atoms with Crippen molar-refractivity contribution in [3.63, 3.8) is 0 Å². The Balaban J connectivity index is 1.56. The molecule has 0 spiro atoms. The Morgan fingerprint density at radius 1 is 0.970 bits per heavy atom. The maximum absolute atomic E-state index is 10.8. The van der Waals surface area contributed by atoms with Gasteiger partial charge in [0.2, 0.25) is 0 Å². The number of aliphatic hydroxyl groups is 6. The van der Waals surface area contributed by atoms with Crippen molar-refractivity contribution >= 4 is 0 Å². The molecule has 11 N–H and O–H groups in total. The van der Waals surface area contributed by atoms with Gasteiger partial charge in [-0.25, -0.2) is 0 Å². The summed E-state index contributed by atoms with van der Waals surface area (Å²) in [6.07, 6.45) is -7.70. The van der Waals surface area contributed by atoms with Crippen LogP contribution in [0.2, 0.25) is 0 Å². The second-order valence-corrected chi connectivity index (χ2v) is 9.12. The Labute approximate surface area is 192 Å². The molecule has 2 heterocycles. The van der Waals surface area contributed by atoms with Gasteiger partial charge in [-0.05, 0) is 19.3 Å². The first-order chi connectivity index (χ1) is 15.7. The second kappa shape index (κ2) is 12.4. The minimum atomic E-state index is -1.24. The van der Waals surface area contributed by atoms with E-state index in [-0.39, 0.29) is 44.3 Å². The smallest absolute Gasteiger partial charge is 0.186 e. The van der Waals surface area contributed by atoms with E-state index in [1.807, 2.05) is 0 Å². The third-order valence-electron chi connectivity index (χ3n) is 6.43. The van der Waals surface area contributed by atoms with Crippen molar-refractivity contribution in [3.05, 3.63) is 0 Å². The topological polar surface area (TPSA) is 222 Å². The van der Waals surface area contributed by atoms with E-state index in [0.29, 0.717) is 19.3 Å². The van der Waals surface area contributed by atoms with Crippen LogP contribution < -0.4 is 16.8 Å². The zero-order valence-corrected chi connectivity index (χ0v) is 18.6. The van der Waals surface area contributed by atoms with Gasteiger partial charge < -0.3 is 66.4 Å². The minimum absolute atomic E-state index is 0.0244. The van der Waals surface area contributed by atoms with Gasteiger partial charge in [0.05, 0.1) is 31.5 Å². The number of aliphatic hydroxyl groups excluding tert-OH is 6. The van der Waals surface area contributed by atoms with E-state index in [9.17, 15) is 25.5 Å². The molecule has 0 radical (unpaired) electrons. The summed E-state index contributed by atoms with van der Waals surface area (Å²) in [7, 11) is 0. The van der Waals surface area contributed by atoms with Crippen LogP contribution in [0.3, 0.4) is 0 Å². The largest absolute Gasteiger partial charge is 0.394 e. The standard InChI is InChI=1S/C20H39N3O10/c21-5-14-17(28)13(27)4-16(31-14)33-19-15(8-25)32-20(18(19)29)30-12-2-9(22)1-10(3-12)23-6-11(26)7-24/h9-20,23-29H,1-8,21-22H2/t9-,10+,11?,12-,13+,14-,15+,16+,17-,18+,19+,20+/m0/s1. The van der Waals surface area contributed by atoms with Crippen LogP contribution in [0.15, 0.2) is 0 Å². The molecule has 0 aromatic heterocycles. The fourth-order valence-electron chi connectivity index (χ4n) is 4.65. The van der Waals surface area contributed by atoms with E-state index in [2.05, 4.69) is 5.32 Å². The van der Waals surface area contributed by atoms with E-state index in [1.54, 1.807) is 0 Å². The van der Waals surface area contributed by atoms with Crippen LogP contribution in [0, 0.1) is 0 Å². The highest BCUT2D eigenvalue weighted by atomic mass is 16.7. The SMILES string of the molecule is NC[C@@H]1O[C@H](O[C@H]2[C@@H](O)[C@H](O[C@H]3C[C@@H](N)C[C@@H](NCC(O)CO)C3)O[C@@H]2CO)C[C@@H](O)[C@@H]1O. The third kappa shape index (κ3) is 7.01. The molecule has 1 aliphatic carbocycles. The van der Waals surface area contributed by atoms with Gasteiger partial charge >= 0.3 is 0 Å². The Bertz CT molecular complexity index is 592. The van der Waals surface area contributed by atoms with Crippen molar-refractivity contribution < 1.29 is 49.6 Å². The highest BCUT2D eigenvalue weighted by Gasteiger charge is 2.49. The van der Waals surface area contributed by atoms with Crippen LogP contribution in [0.4, 0.5) is 0 Å². The molecule has 13 nitrogen and oxygen atoms in total. The lowest BCUT2D eigenvalue weighted by molar-refractivity contribution is -0.272. The molecular formula is C20H39N3O10. The van der Waals surface area contributed by atoms with Gasteiger partial charge in [0.25, 0.3) is 0 Å². The number of ether oxygens (including phenoxy) is 4. The lowest BCUT2D eigenvalue weighted by Crippen LogP contribution is -2.53. The van der Waals surface area contributed by atoms with Crippen LogP contribution in [-0.2, 0) is 18.9 Å². The highest BCUT2D eigenvalue weighted by Crippen LogP contribution is 2.32. The Morgan fingerprint density at radius 2 is 1.73 bits per heavy atom. The molecule has 0 amide bonds. The van der Waals surface area contributed by atoms with Gasteiger partial charge in [0.15, 0.2) is 12.6 Å². The molecule has 12 atom stereocenters. The Morgan fingerprint density at radius 3 is 2.39 bits per heavy atom. The van der Waals surface area contributed by atoms with Crippen LogP contribution in [0.5, 0.6) is 0 Å². The molecule has 0 aromatic rings. The maximum Gasteiger partial charge on any atom is 0.186 e. The molecule has 33 heavy (non-hydrogen) atoms. The minimum Gasteiger partial charge on any atom is -0.394 e. The van der Waals surface area contributed by atoms with E-state index in [0.717, 1.165) is 0 Å². The average Bonchev–Trinajstić information content (AvgIpc) is 3.08. The summed E-state index contributed by atoms with van der Waals surface area (Å²) in [6.45, 7) is -0.585. The molecule has 1 saturated carbocycles. The number of nitrogens with two attached hydrogens (primary N) is 2. The first-order valence-electron chi connectivity index (χ1n) is 11.5. The molecule has 2 saturated heterocycles. The van der Waals surface area contributed by atoms with Gasteiger partial charge in [-0.3, -0.25) is 0 Å². The predicted octanol–water partition coefficient (Wildman–Crippen LogP) is -4.55. The molecule has 3 aliphatic rings. The normalized spacial score (nSPS) is 45.3. The quantitative estimate of drug-likeness (QED) is 0.144. The monoisotopic (exact) mass is 481 g/mol. The maximum atomic E-state index is 10.8. The molecule has 13 heteroatoms. The summed E-state index contributed by atoms with van der Waals surface area (Å²) in [5, 5.41) is 62.2. The van der Waals surface area contributed by atoms with Crippen molar-refractivity contribution in [1.29, 1.82) is 0 Å². The van der Waals surface area contributed by atoms with Crippen LogP contribution >= 0.6 is 0 Å². The van der Waals surface area contributed by atoms with E-state index >= 15 is 0 Å². The second-order valence-electron chi connectivity index (χ2n) is 9.12. The summed E-state index contributed by atoms with van der Waals surface area (Å²) in [5.41, 5.74) is 11.7. The molecule has 1 unspecified atom stereocenters. The van der Waals surface area contributed by atoms with Crippen molar-refractivity contribution in [1.82, 2.24) is 5.32 Å². The lowest BCUT2D eigenvalue weighted by atomic mass is 9.89. The zero-order chi connectivity index (χ0) is 24.1. The zero-order valence-electron chi connectivity index (χ0n) is 18.6. The van der Waals surface area contributed by atoms with E-state index in [1.165, 1.54) is 0 Å². The Hall–Kier alpha value is -0.520. The summed E-state index contributed by atoms with van der Waals surface area (Å²) in [4.78, 5) is 0. The summed E-state index contributed by atoms with van der Waals surface area (Å²) in [5.74, 6) is 0. The van der Waals surface area contributed by atoms with Gasteiger partial charge in [-0.2, -0.15) is 0 Å².